The van der Waals surface area contributed by atoms with Crippen LogP contribution in [0.4, 0.5) is 5.69 Å². The van der Waals surface area contributed by atoms with Crippen molar-refractivity contribution in [3.05, 3.63) is 28.8 Å². The molecular weight excluding hydrogens is 230 g/mol. The number of hydrogen-bond donors (Lipinski definition) is 1. The Hall–Kier alpha value is -0.690. The lowest BCUT2D eigenvalue weighted by Gasteiger charge is -2.27. The molecule has 2 atom stereocenters. The van der Waals surface area contributed by atoms with Crippen LogP contribution in [0.1, 0.15) is 38.2 Å². The molecule has 1 N–H and O–H groups in total. The van der Waals surface area contributed by atoms with Gasteiger partial charge in [-0.3, -0.25) is 0 Å². The van der Waals surface area contributed by atoms with Gasteiger partial charge < -0.3 is 5.32 Å². The third-order valence-electron chi connectivity index (χ3n) is 3.75. The summed E-state index contributed by atoms with van der Waals surface area (Å²) in [7, 11) is 0. The zero-order valence-electron chi connectivity index (χ0n) is 10.8. The third kappa shape index (κ3) is 3.64. The van der Waals surface area contributed by atoms with Crippen molar-refractivity contribution in [3.8, 4) is 0 Å². The summed E-state index contributed by atoms with van der Waals surface area (Å²) < 4.78 is 0. The molecule has 0 heterocycles. The monoisotopic (exact) mass is 251 g/mol. The summed E-state index contributed by atoms with van der Waals surface area (Å²) in [6.07, 6.45) is 5.51. The molecular formula is C15H22ClN. The fourth-order valence-electron chi connectivity index (χ4n) is 2.77. The first kappa shape index (κ1) is 12.8. The van der Waals surface area contributed by atoms with Gasteiger partial charge in [0.05, 0.1) is 10.7 Å². The van der Waals surface area contributed by atoms with Crippen molar-refractivity contribution in [1.29, 1.82) is 0 Å². The van der Waals surface area contributed by atoms with Gasteiger partial charge in [0.2, 0.25) is 0 Å². The van der Waals surface area contributed by atoms with Crippen LogP contribution < -0.4 is 5.32 Å². The average Bonchev–Trinajstić information content (AvgIpc) is 2.30. The molecule has 1 saturated carbocycles. The molecule has 0 spiro atoms. The van der Waals surface area contributed by atoms with Gasteiger partial charge in [-0.1, -0.05) is 37.4 Å². The minimum Gasteiger partial charge on any atom is -0.384 e. The molecule has 0 saturated heterocycles. The Bertz CT molecular complexity index is 375. The number of rotatable bonds is 3. The van der Waals surface area contributed by atoms with Crippen LogP contribution in [0.2, 0.25) is 5.02 Å². The molecule has 2 unspecified atom stereocenters. The van der Waals surface area contributed by atoms with Crippen molar-refractivity contribution < 1.29 is 0 Å². The van der Waals surface area contributed by atoms with Gasteiger partial charge >= 0.3 is 0 Å². The van der Waals surface area contributed by atoms with Crippen molar-refractivity contribution in [2.24, 2.45) is 11.8 Å². The highest BCUT2D eigenvalue weighted by Gasteiger charge is 2.18. The Kier molecular flexibility index (Phi) is 4.33. The third-order valence-corrected chi connectivity index (χ3v) is 4.08. The number of benzene rings is 1. The molecule has 0 bridgehead atoms. The molecule has 1 aromatic carbocycles. The van der Waals surface area contributed by atoms with E-state index in [9.17, 15) is 0 Å². The average molecular weight is 252 g/mol. The fourth-order valence-corrected chi connectivity index (χ4v) is 2.96. The number of hydrogen-bond acceptors (Lipinski definition) is 1. The molecule has 1 nitrogen and oxygen atoms in total. The molecule has 0 aromatic heterocycles. The molecule has 2 heteroatoms. The van der Waals surface area contributed by atoms with Gasteiger partial charge in [0, 0.05) is 6.54 Å². The maximum atomic E-state index is 6.18. The lowest BCUT2D eigenvalue weighted by atomic mass is 9.82. The first-order valence-corrected chi connectivity index (χ1v) is 7.03. The van der Waals surface area contributed by atoms with Crippen molar-refractivity contribution in [2.45, 2.75) is 39.5 Å². The van der Waals surface area contributed by atoms with Gasteiger partial charge in [-0.05, 0) is 49.3 Å². The van der Waals surface area contributed by atoms with Gasteiger partial charge in [-0.15, -0.1) is 0 Å². The van der Waals surface area contributed by atoms with Crippen LogP contribution in [0.15, 0.2) is 18.2 Å². The van der Waals surface area contributed by atoms with Gasteiger partial charge in [0.15, 0.2) is 0 Å². The lowest BCUT2D eigenvalue weighted by Crippen LogP contribution is -2.21. The second kappa shape index (κ2) is 5.77. The van der Waals surface area contributed by atoms with E-state index in [1.807, 2.05) is 6.07 Å². The normalized spacial score (nSPS) is 24.6. The van der Waals surface area contributed by atoms with Crippen LogP contribution >= 0.6 is 11.6 Å². The summed E-state index contributed by atoms with van der Waals surface area (Å²) in [4.78, 5) is 0. The Labute approximate surface area is 110 Å². The quantitative estimate of drug-likeness (QED) is 0.807. The van der Waals surface area contributed by atoms with E-state index in [4.69, 9.17) is 11.6 Å². The molecule has 17 heavy (non-hydrogen) atoms. The van der Waals surface area contributed by atoms with Gasteiger partial charge in [0.25, 0.3) is 0 Å². The summed E-state index contributed by atoms with van der Waals surface area (Å²) in [5.41, 5.74) is 2.35. The number of aryl methyl sites for hydroxylation is 1. The molecule has 94 valence electrons. The second-order valence-corrected chi connectivity index (χ2v) is 5.91. The van der Waals surface area contributed by atoms with Crippen LogP contribution in [-0.2, 0) is 0 Å². The number of halogens is 1. The van der Waals surface area contributed by atoms with Crippen molar-refractivity contribution in [2.75, 3.05) is 11.9 Å². The molecule has 2 rings (SSSR count). The highest BCUT2D eigenvalue weighted by Crippen LogP contribution is 2.30. The standard InChI is InChI=1S/C15H22ClN/c1-11-4-3-5-13(8-11)10-17-15-9-12(2)6-7-14(15)16/h6-7,9,11,13,17H,3-5,8,10H2,1-2H3. The van der Waals surface area contributed by atoms with E-state index >= 15 is 0 Å². The van der Waals surface area contributed by atoms with Crippen LogP contribution in [0.5, 0.6) is 0 Å². The Balaban J connectivity index is 1.90. The minimum absolute atomic E-state index is 0.815. The Morgan fingerprint density at radius 1 is 1.35 bits per heavy atom. The summed E-state index contributed by atoms with van der Waals surface area (Å²) in [6.45, 7) is 5.53. The highest BCUT2D eigenvalue weighted by atomic mass is 35.5. The van der Waals surface area contributed by atoms with Gasteiger partial charge in [0.1, 0.15) is 0 Å². The predicted octanol–water partition coefficient (Wildman–Crippen LogP) is 4.89. The molecule has 1 aliphatic carbocycles. The van der Waals surface area contributed by atoms with E-state index in [1.165, 1.54) is 31.2 Å². The van der Waals surface area contributed by atoms with Crippen LogP contribution in [-0.4, -0.2) is 6.54 Å². The van der Waals surface area contributed by atoms with Crippen LogP contribution in [0.3, 0.4) is 0 Å². The first-order valence-electron chi connectivity index (χ1n) is 6.65. The molecule has 1 aliphatic rings. The summed E-state index contributed by atoms with van der Waals surface area (Å²) in [6, 6.07) is 6.16. The SMILES string of the molecule is Cc1ccc(Cl)c(NCC2CCCC(C)C2)c1. The summed E-state index contributed by atoms with van der Waals surface area (Å²) >= 11 is 6.18. The van der Waals surface area contributed by atoms with E-state index in [0.29, 0.717) is 0 Å². The predicted molar refractivity (Wildman–Crippen MR) is 75.8 cm³/mol. The van der Waals surface area contributed by atoms with E-state index in [-0.39, 0.29) is 0 Å². The van der Waals surface area contributed by atoms with Crippen molar-refractivity contribution in [1.82, 2.24) is 0 Å². The zero-order valence-corrected chi connectivity index (χ0v) is 11.6. The maximum absolute atomic E-state index is 6.18. The molecule has 1 fully saturated rings. The van der Waals surface area contributed by atoms with Gasteiger partial charge in [-0.2, -0.15) is 0 Å². The van der Waals surface area contributed by atoms with E-state index in [2.05, 4.69) is 31.3 Å². The van der Waals surface area contributed by atoms with E-state index < -0.39 is 0 Å². The number of anilines is 1. The summed E-state index contributed by atoms with van der Waals surface area (Å²) in [5.74, 6) is 1.71. The Morgan fingerprint density at radius 2 is 2.18 bits per heavy atom. The highest BCUT2D eigenvalue weighted by molar-refractivity contribution is 6.33. The van der Waals surface area contributed by atoms with Crippen LogP contribution in [0.25, 0.3) is 0 Å². The topological polar surface area (TPSA) is 12.0 Å². The van der Waals surface area contributed by atoms with Crippen molar-refractivity contribution in [3.63, 3.8) is 0 Å². The Morgan fingerprint density at radius 3 is 2.94 bits per heavy atom. The number of nitrogens with one attached hydrogen (secondary N) is 1. The van der Waals surface area contributed by atoms with Crippen LogP contribution in [0, 0.1) is 18.8 Å². The molecule has 0 radical (unpaired) electrons. The van der Waals surface area contributed by atoms with E-state index in [0.717, 1.165) is 29.1 Å². The molecule has 0 amide bonds. The first-order chi connectivity index (χ1) is 8.15. The zero-order chi connectivity index (χ0) is 12.3. The maximum Gasteiger partial charge on any atom is 0.0637 e. The second-order valence-electron chi connectivity index (χ2n) is 5.50. The lowest BCUT2D eigenvalue weighted by molar-refractivity contribution is 0.293. The largest absolute Gasteiger partial charge is 0.384 e. The van der Waals surface area contributed by atoms with Gasteiger partial charge in [-0.25, -0.2) is 0 Å². The fraction of sp³-hybridized carbons (Fsp3) is 0.600. The summed E-state index contributed by atoms with van der Waals surface area (Å²) in [5, 5.41) is 4.34. The van der Waals surface area contributed by atoms with E-state index in [1.54, 1.807) is 0 Å². The smallest absolute Gasteiger partial charge is 0.0637 e. The minimum atomic E-state index is 0.815. The molecule has 1 aromatic rings. The molecule has 0 aliphatic heterocycles. The van der Waals surface area contributed by atoms with Crippen molar-refractivity contribution >= 4 is 17.3 Å².